The Hall–Kier alpha value is -3.12. The van der Waals surface area contributed by atoms with E-state index in [9.17, 15) is 9.59 Å². The fraction of sp³-hybridized carbons (Fsp3) is 0.250. The molecule has 0 bridgehead atoms. The van der Waals surface area contributed by atoms with E-state index in [1.165, 1.54) is 11.3 Å². The molecule has 1 N–H and O–H groups in total. The minimum Gasteiger partial charge on any atom is -0.368 e. The van der Waals surface area contributed by atoms with Crippen LogP contribution in [0.2, 0.25) is 0 Å². The monoisotopic (exact) mass is 419 g/mol. The van der Waals surface area contributed by atoms with Gasteiger partial charge in [-0.05, 0) is 61.2 Å². The second kappa shape index (κ2) is 8.71. The summed E-state index contributed by atoms with van der Waals surface area (Å²) < 4.78 is 0. The minimum absolute atomic E-state index is 0.0963. The fourth-order valence-electron chi connectivity index (χ4n) is 3.75. The number of benzene rings is 2. The van der Waals surface area contributed by atoms with Crippen LogP contribution in [0.1, 0.15) is 31.2 Å². The molecule has 2 amide bonds. The molecule has 0 saturated carbocycles. The lowest BCUT2D eigenvalue weighted by Gasteiger charge is -2.36. The van der Waals surface area contributed by atoms with Gasteiger partial charge in [0.2, 0.25) is 0 Å². The average molecular weight is 420 g/mol. The number of nitrogens with zero attached hydrogens (tertiary/aromatic N) is 2. The Labute approximate surface area is 180 Å². The van der Waals surface area contributed by atoms with Gasteiger partial charge in [-0.2, -0.15) is 0 Å². The molecule has 0 radical (unpaired) electrons. The molecule has 154 valence electrons. The average Bonchev–Trinajstić information content (AvgIpc) is 3.29. The molecule has 0 atom stereocenters. The molecule has 1 aliphatic heterocycles. The number of piperazine rings is 1. The standard InChI is InChI=1S/C24H25N3O2S/c1-17-5-10-21(18(2)16-17)23(28)25-19-6-8-20(9-7-19)26-11-13-27(14-12-26)24(29)22-4-3-15-30-22/h3-10,15-16H,11-14H2,1-2H3,(H,25,28). The number of amides is 2. The van der Waals surface area contributed by atoms with Gasteiger partial charge in [-0.25, -0.2) is 0 Å². The minimum atomic E-state index is -0.0963. The molecule has 2 aromatic carbocycles. The predicted molar refractivity (Wildman–Crippen MR) is 123 cm³/mol. The summed E-state index contributed by atoms with van der Waals surface area (Å²) in [4.78, 5) is 30.0. The lowest BCUT2D eigenvalue weighted by molar-refractivity contribution is 0.0751. The molecule has 1 aromatic heterocycles. The summed E-state index contributed by atoms with van der Waals surface area (Å²) in [6.07, 6.45) is 0. The Morgan fingerprint density at radius 2 is 1.67 bits per heavy atom. The van der Waals surface area contributed by atoms with Crippen LogP contribution in [-0.2, 0) is 0 Å². The lowest BCUT2D eigenvalue weighted by Crippen LogP contribution is -2.48. The Morgan fingerprint density at radius 3 is 2.30 bits per heavy atom. The van der Waals surface area contributed by atoms with E-state index in [2.05, 4.69) is 10.2 Å². The van der Waals surface area contributed by atoms with Crippen LogP contribution >= 0.6 is 11.3 Å². The highest BCUT2D eigenvalue weighted by molar-refractivity contribution is 7.12. The molecule has 1 fully saturated rings. The summed E-state index contributed by atoms with van der Waals surface area (Å²) in [6, 6.07) is 17.5. The van der Waals surface area contributed by atoms with Gasteiger partial charge in [0.25, 0.3) is 11.8 Å². The molecule has 5 nitrogen and oxygen atoms in total. The van der Waals surface area contributed by atoms with E-state index in [-0.39, 0.29) is 11.8 Å². The van der Waals surface area contributed by atoms with Crippen molar-refractivity contribution in [3.05, 3.63) is 81.5 Å². The third kappa shape index (κ3) is 4.39. The van der Waals surface area contributed by atoms with E-state index in [0.29, 0.717) is 18.7 Å². The zero-order valence-electron chi connectivity index (χ0n) is 17.2. The Balaban J connectivity index is 1.35. The summed E-state index contributed by atoms with van der Waals surface area (Å²) in [5.41, 5.74) is 4.68. The molecule has 0 unspecified atom stereocenters. The van der Waals surface area contributed by atoms with Crippen molar-refractivity contribution in [2.24, 2.45) is 0 Å². The predicted octanol–water partition coefficient (Wildman–Crippen LogP) is 4.58. The van der Waals surface area contributed by atoms with Crippen molar-refractivity contribution >= 4 is 34.5 Å². The van der Waals surface area contributed by atoms with Crippen LogP contribution in [0.5, 0.6) is 0 Å². The van der Waals surface area contributed by atoms with E-state index in [1.54, 1.807) is 0 Å². The van der Waals surface area contributed by atoms with Crippen molar-refractivity contribution < 1.29 is 9.59 Å². The highest BCUT2D eigenvalue weighted by Crippen LogP contribution is 2.22. The van der Waals surface area contributed by atoms with Crippen LogP contribution in [0.3, 0.4) is 0 Å². The first kappa shape index (κ1) is 20.2. The Kier molecular flexibility index (Phi) is 5.86. The van der Waals surface area contributed by atoms with Crippen LogP contribution in [0.25, 0.3) is 0 Å². The van der Waals surface area contributed by atoms with E-state index in [0.717, 1.165) is 40.5 Å². The molecule has 0 spiro atoms. The molecule has 1 aliphatic rings. The number of carbonyl (C=O) groups is 2. The van der Waals surface area contributed by atoms with Crippen molar-refractivity contribution in [3.63, 3.8) is 0 Å². The summed E-state index contributed by atoms with van der Waals surface area (Å²) >= 11 is 1.49. The summed E-state index contributed by atoms with van der Waals surface area (Å²) in [7, 11) is 0. The SMILES string of the molecule is Cc1ccc(C(=O)Nc2ccc(N3CCN(C(=O)c4cccs4)CC3)cc2)c(C)c1. The van der Waals surface area contributed by atoms with Gasteiger partial charge in [0, 0.05) is 43.1 Å². The van der Waals surface area contributed by atoms with Crippen LogP contribution in [0, 0.1) is 13.8 Å². The maximum absolute atomic E-state index is 12.6. The molecule has 6 heteroatoms. The summed E-state index contributed by atoms with van der Waals surface area (Å²) in [5.74, 6) is 0.0232. The van der Waals surface area contributed by atoms with Gasteiger partial charge in [-0.1, -0.05) is 23.8 Å². The fourth-order valence-corrected chi connectivity index (χ4v) is 4.44. The first-order chi connectivity index (χ1) is 14.5. The van der Waals surface area contributed by atoms with Crippen LogP contribution < -0.4 is 10.2 Å². The van der Waals surface area contributed by atoms with Gasteiger partial charge in [-0.15, -0.1) is 11.3 Å². The number of hydrogen-bond acceptors (Lipinski definition) is 4. The maximum atomic E-state index is 12.6. The van der Waals surface area contributed by atoms with Crippen molar-refractivity contribution in [3.8, 4) is 0 Å². The van der Waals surface area contributed by atoms with E-state index in [1.807, 2.05) is 78.7 Å². The zero-order chi connectivity index (χ0) is 21.1. The number of thiophene rings is 1. The van der Waals surface area contributed by atoms with Crippen molar-refractivity contribution in [1.29, 1.82) is 0 Å². The smallest absolute Gasteiger partial charge is 0.264 e. The number of rotatable bonds is 4. The first-order valence-electron chi connectivity index (χ1n) is 10.1. The molecule has 4 rings (SSSR count). The third-order valence-corrected chi connectivity index (χ3v) is 6.27. The number of anilines is 2. The quantitative estimate of drug-likeness (QED) is 0.673. The number of carbonyl (C=O) groups excluding carboxylic acids is 2. The van der Waals surface area contributed by atoms with Gasteiger partial charge in [0.1, 0.15) is 0 Å². The second-order valence-corrected chi connectivity index (χ2v) is 8.52. The first-order valence-corrected chi connectivity index (χ1v) is 11.0. The van der Waals surface area contributed by atoms with Crippen LogP contribution in [0.4, 0.5) is 11.4 Å². The second-order valence-electron chi connectivity index (χ2n) is 7.58. The van der Waals surface area contributed by atoms with Gasteiger partial charge in [0.15, 0.2) is 0 Å². The Morgan fingerprint density at radius 1 is 0.933 bits per heavy atom. The van der Waals surface area contributed by atoms with Gasteiger partial charge >= 0.3 is 0 Å². The van der Waals surface area contributed by atoms with E-state index >= 15 is 0 Å². The van der Waals surface area contributed by atoms with E-state index in [4.69, 9.17) is 0 Å². The maximum Gasteiger partial charge on any atom is 0.264 e. The third-order valence-electron chi connectivity index (χ3n) is 5.42. The van der Waals surface area contributed by atoms with Crippen molar-refractivity contribution in [1.82, 2.24) is 4.90 Å². The van der Waals surface area contributed by atoms with Gasteiger partial charge in [-0.3, -0.25) is 9.59 Å². The lowest BCUT2D eigenvalue weighted by atomic mass is 10.1. The summed E-state index contributed by atoms with van der Waals surface area (Å²) in [6.45, 7) is 6.99. The van der Waals surface area contributed by atoms with Crippen molar-refractivity contribution in [2.75, 3.05) is 36.4 Å². The summed E-state index contributed by atoms with van der Waals surface area (Å²) in [5, 5.41) is 4.91. The molecular formula is C24H25N3O2S. The van der Waals surface area contributed by atoms with Crippen LogP contribution in [0.15, 0.2) is 60.0 Å². The van der Waals surface area contributed by atoms with E-state index < -0.39 is 0 Å². The highest BCUT2D eigenvalue weighted by atomic mass is 32.1. The number of hydrogen-bond donors (Lipinski definition) is 1. The number of nitrogens with one attached hydrogen (secondary N) is 1. The largest absolute Gasteiger partial charge is 0.368 e. The topological polar surface area (TPSA) is 52.7 Å². The molecule has 2 heterocycles. The van der Waals surface area contributed by atoms with Gasteiger partial charge in [0.05, 0.1) is 4.88 Å². The van der Waals surface area contributed by atoms with Crippen LogP contribution in [-0.4, -0.2) is 42.9 Å². The molecule has 1 saturated heterocycles. The van der Waals surface area contributed by atoms with Crippen molar-refractivity contribution in [2.45, 2.75) is 13.8 Å². The normalized spacial score (nSPS) is 13.9. The Bertz CT molecular complexity index is 1040. The molecule has 30 heavy (non-hydrogen) atoms. The molecule has 0 aliphatic carbocycles. The number of aryl methyl sites for hydroxylation is 2. The molecule has 3 aromatic rings. The zero-order valence-corrected chi connectivity index (χ0v) is 18.0. The van der Waals surface area contributed by atoms with Gasteiger partial charge < -0.3 is 15.1 Å². The molecular weight excluding hydrogens is 394 g/mol. The highest BCUT2D eigenvalue weighted by Gasteiger charge is 2.22.